The van der Waals surface area contributed by atoms with Gasteiger partial charge in [-0.1, -0.05) is 47.6 Å². The van der Waals surface area contributed by atoms with E-state index in [1.54, 1.807) is 11.8 Å². The molecule has 2 aromatic carbocycles. The number of benzene rings is 2. The fourth-order valence-corrected chi connectivity index (χ4v) is 6.62. The van der Waals surface area contributed by atoms with E-state index in [-0.39, 0.29) is 23.6 Å². The monoisotopic (exact) mass is 406 g/mol. The molecule has 0 N–H and O–H groups in total. The summed E-state index contributed by atoms with van der Waals surface area (Å²) in [5, 5.41) is 1.55. The van der Waals surface area contributed by atoms with Crippen LogP contribution < -0.4 is 4.90 Å². The predicted octanol–water partition coefficient (Wildman–Crippen LogP) is 3.92. The first kappa shape index (κ1) is 17.9. The van der Waals surface area contributed by atoms with Crippen molar-refractivity contribution in [1.29, 1.82) is 0 Å². The number of sulfone groups is 1. The van der Waals surface area contributed by atoms with Gasteiger partial charge in [0.2, 0.25) is 0 Å². The van der Waals surface area contributed by atoms with Crippen molar-refractivity contribution in [2.24, 2.45) is 4.99 Å². The Bertz CT molecular complexity index is 958. The summed E-state index contributed by atoms with van der Waals surface area (Å²) < 4.78 is 24.2. The maximum absolute atomic E-state index is 12.1. The third kappa shape index (κ3) is 3.50. The Balaban J connectivity index is 1.63. The molecule has 2 aliphatic heterocycles. The Kier molecular flexibility index (Phi) is 4.75. The van der Waals surface area contributed by atoms with Gasteiger partial charge in [-0.3, -0.25) is 4.99 Å². The van der Waals surface area contributed by atoms with Crippen LogP contribution in [0.4, 0.5) is 5.69 Å². The quantitative estimate of drug-likeness (QED) is 0.775. The summed E-state index contributed by atoms with van der Waals surface area (Å²) in [5.74, 6) is 1.09. The van der Waals surface area contributed by atoms with Gasteiger partial charge in [0, 0.05) is 16.5 Å². The van der Waals surface area contributed by atoms with Gasteiger partial charge >= 0.3 is 0 Å². The van der Waals surface area contributed by atoms with Gasteiger partial charge in [-0.25, -0.2) is 8.42 Å². The van der Waals surface area contributed by atoms with E-state index in [0.29, 0.717) is 5.02 Å². The number of fused-ring (bicyclic) bond motifs is 1. The van der Waals surface area contributed by atoms with Gasteiger partial charge in [0.15, 0.2) is 15.0 Å². The van der Waals surface area contributed by atoms with Crippen LogP contribution >= 0.6 is 23.4 Å². The van der Waals surface area contributed by atoms with Gasteiger partial charge in [-0.15, -0.1) is 0 Å². The third-order valence-electron chi connectivity index (χ3n) is 4.83. The second-order valence-corrected chi connectivity index (χ2v) is 10.2. The van der Waals surface area contributed by atoms with E-state index in [1.807, 2.05) is 36.4 Å². The normalized spacial score (nSPS) is 23.8. The Hall–Kier alpha value is -1.50. The average Bonchev–Trinajstić information content (AvgIpc) is 3.06. The fourth-order valence-electron chi connectivity index (χ4n) is 3.45. The van der Waals surface area contributed by atoms with E-state index in [4.69, 9.17) is 16.6 Å². The van der Waals surface area contributed by atoms with Crippen molar-refractivity contribution in [3.63, 3.8) is 0 Å². The second kappa shape index (κ2) is 6.91. The Morgan fingerprint density at radius 3 is 2.62 bits per heavy atom. The maximum Gasteiger partial charge on any atom is 0.164 e. The summed E-state index contributed by atoms with van der Waals surface area (Å²) in [6, 6.07) is 15.5. The Morgan fingerprint density at radius 1 is 1.15 bits per heavy atom. The molecule has 2 aromatic rings. The van der Waals surface area contributed by atoms with Crippen LogP contribution in [0, 0.1) is 6.92 Å². The molecule has 0 spiro atoms. The molecule has 4 rings (SSSR count). The van der Waals surface area contributed by atoms with E-state index >= 15 is 0 Å². The molecular weight excluding hydrogens is 388 g/mol. The van der Waals surface area contributed by atoms with Crippen LogP contribution in [0.1, 0.15) is 11.1 Å². The van der Waals surface area contributed by atoms with Crippen molar-refractivity contribution < 1.29 is 8.42 Å². The molecule has 0 saturated carbocycles. The third-order valence-corrected chi connectivity index (χ3v) is 7.80. The zero-order chi connectivity index (χ0) is 18.3. The van der Waals surface area contributed by atoms with Gasteiger partial charge < -0.3 is 4.90 Å². The molecule has 0 unspecified atom stereocenters. The number of halogens is 1. The first-order valence-electron chi connectivity index (χ1n) is 8.43. The van der Waals surface area contributed by atoms with E-state index in [9.17, 15) is 8.42 Å². The molecule has 7 heteroatoms. The Labute approximate surface area is 163 Å². The molecular formula is C19H19ClN2O2S2. The van der Waals surface area contributed by atoms with Crippen LogP contribution in [0.5, 0.6) is 0 Å². The van der Waals surface area contributed by atoms with E-state index in [0.717, 1.165) is 16.6 Å². The highest BCUT2D eigenvalue weighted by Crippen LogP contribution is 2.36. The number of thioether (sulfide) groups is 1. The maximum atomic E-state index is 12.1. The second-order valence-electron chi connectivity index (χ2n) is 6.68. The minimum absolute atomic E-state index is 0.124. The summed E-state index contributed by atoms with van der Waals surface area (Å²) in [4.78, 5) is 6.84. The molecule has 0 amide bonds. The molecule has 0 aliphatic carbocycles. The molecule has 1 fully saturated rings. The largest absolute Gasteiger partial charge is 0.315 e. The molecule has 0 bridgehead atoms. The number of anilines is 1. The highest BCUT2D eigenvalue weighted by Gasteiger charge is 2.47. The van der Waals surface area contributed by atoms with Crippen molar-refractivity contribution in [2.45, 2.75) is 24.8 Å². The lowest BCUT2D eigenvalue weighted by Crippen LogP contribution is -2.39. The highest BCUT2D eigenvalue weighted by molar-refractivity contribution is 8.13. The van der Waals surface area contributed by atoms with Gasteiger partial charge in [-0.2, -0.15) is 0 Å². The zero-order valence-corrected chi connectivity index (χ0v) is 16.7. The van der Waals surface area contributed by atoms with Gasteiger partial charge in [0.1, 0.15) is 0 Å². The number of hydrogen-bond acceptors (Lipinski definition) is 5. The summed E-state index contributed by atoms with van der Waals surface area (Å²) >= 11 is 7.68. The van der Waals surface area contributed by atoms with Gasteiger partial charge in [-0.05, 0) is 42.3 Å². The van der Waals surface area contributed by atoms with Crippen LogP contribution in [0.25, 0.3) is 0 Å². The molecule has 4 nitrogen and oxygen atoms in total. The number of hydrogen-bond donors (Lipinski definition) is 0. The van der Waals surface area contributed by atoms with Crippen LogP contribution in [-0.2, 0) is 15.6 Å². The highest BCUT2D eigenvalue weighted by atomic mass is 35.5. The molecule has 26 heavy (non-hydrogen) atoms. The molecule has 2 heterocycles. The predicted molar refractivity (Wildman–Crippen MR) is 110 cm³/mol. The van der Waals surface area contributed by atoms with E-state index in [1.165, 1.54) is 11.1 Å². The van der Waals surface area contributed by atoms with E-state index in [2.05, 4.69) is 24.0 Å². The first-order chi connectivity index (χ1) is 12.4. The molecule has 136 valence electrons. The number of amidine groups is 1. The van der Waals surface area contributed by atoms with Crippen molar-refractivity contribution in [3.8, 4) is 0 Å². The SMILES string of the molecule is Cc1ccccc1CSC1=N[C@@H]2CS(=O)(=O)C[C@H]2N1c1ccc(Cl)cc1. The molecule has 0 radical (unpaired) electrons. The van der Waals surface area contributed by atoms with Crippen molar-refractivity contribution in [2.75, 3.05) is 16.4 Å². The van der Waals surface area contributed by atoms with Crippen molar-refractivity contribution in [3.05, 3.63) is 64.7 Å². The lowest BCUT2D eigenvalue weighted by molar-refractivity contribution is 0.601. The Morgan fingerprint density at radius 2 is 1.88 bits per heavy atom. The molecule has 2 aliphatic rings. The fraction of sp³-hybridized carbons (Fsp3) is 0.316. The molecule has 1 saturated heterocycles. The lowest BCUT2D eigenvalue weighted by Gasteiger charge is -2.26. The van der Waals surface area contributed by atoms with Gasteiger partial charge in [0.25, 0.3) is 0 Å². The number of rotatable bonds is 3. The van der Waals surface area contributed by atoms with Crippen LogP contribution in [0.2, 0.25) is 5.02 Å². The summed E-state index contributed by atoms with van der Waals surface area (Å²) in [6.45, 7) is 2.10. The minimum atomic E-state index is -3.04. The van der Waals surface area contributed by atoms with Gasteiger partial charge in [0.05, 0.1) is 23.6 Å². The van der Waals surface area contributed by atoms with E-state index < -0.39 is 9.84 Å². The van der Waals surface area contributed by atoms with Crippen LogP contribution in [0.15, 0.2) is 53.5 Å². The summed E-state index contributed by atoms with van der Waals surface area (Å²) in [6.07, 6.45) is 0. The van der Waals surface area contributed by atoms with Crippen LogP contribution in [-0.4, -0.2) is 37.2 Å². The standard InChI is InChI=1S/C19H19ClN2O2S2/c1-13-4-2-3-5-14(13)10-25-19-21-17-11-26(23,24)12-18(17)22(19)16-8-6-15(20)7-9-16/h2-9,17-18H,10-12H2,1H3/t17-,18-/m1/s1. The number of nitrogens with zero attached hydrogens (tertiary/aromatic N) is 2. The topological polar surface area (TPSA) is 49.7 Å². The molecule has 2 atom stereocenters. The number of aliphatic imine (C=N–C) groups is 1. The average molecular weight is 407 g/mol. The zero-order valence-electron chi connectivity index (χ0n) is 14.3. The van der Waals surface area contributed by atoms with Crippen molar-refractivity contribution >= 4 is 44.1 Å². The van der Waals surface area contributed by atoms with Crippen LogP contribution in [0.3, 0.4) is 0 Å². The van der Waals surface area contributed by atoms with Crippen molar-refractivity contribution in [1.82, 2.24) is 0 Å². The molecule has 0 aromatic heterocycles. The minimum Gasteiger partial charge on any atom is -0.315 e. The summed E-state index contributed by atoms with van der Waals surface area (Å²) in [5.41, 5.74) is 3.45. The first-order valence-corrected chi connectivity index (χ1v) is 11.6. The summed E-state index contributed by atoms with van der Waals surface area (Å²) in [7, 11) is -3.04. The lowest BCUT2D eigenvalue weighted by atomic mass is 10.1. The number of aryl methyl sites for hydroxylation is 1. The smallest absolute Gasteiger partial charge is 0.164 e.